The minimum Gasteiger partial charge on any atom is -0.309 e. The summed E-state index contributed by atoms with van der Waals surface area (Å²) >= 11 is 0. The van der Waals surface area contributed by atoms with Crippen LogP contribution in [0.4, 0.5) is 0 Å². The molecule has 2 heteroatoms. The van der Waals surface area contributed by atoms with Crippen LogP contribution in [0.3, 0.4) is 0 Å². The smallest absolute Gasteiger partial charge is 0.0118 e. The quantitative estimate of drug-likeness (QED) is 0.711. The van der Waals surface area contributed by atoms with Gasteiger partial charge in [-0.2, -0.15) is 0 Å². The van der Waals surface area contributed by atoms with E-state index in [0.717, 1.165) is 0 Å². The van der Waals surface area contributed by atoms with Crippen molar-refractivity contribution < 1.29 is 0 Å². The fraction of sp³-hybridized carbons (Fsp3) is 1.00. The van der Waals surface area contributed by atoms with E-state index in [4.69, 9.17) is 0 Å². The molecule has 1 saturated carbocycles. The van der Waals surface area contributed by atoms with E-state index in [-0.39, 0.29) is 0 Å². The van der Waals surface area contributed by atoms with E-state index in [1.807, 2.05) is 0 Å². The van der Waals surface area contributed by atoms with Gasteiger partial charge >= 0.3 is 0 Å². The summed E-state index contributed by atoms with van der Waals surface area (Å²) in [6, 6.07) is 0.716. The van der Waals surface area contributed by atoms with E-state index < -0.39 is 0 Å². The van der Waals surface area contributed by atoms with Gasteiger partial charge in [0.2, 0.25) is 0 Å². The Balaban J connectivity index is 2.66. The van der Waals surface area contributed by atoms with E-state index in [1.54, 1.807) is 0 Å². The number of hydrogen-bond acceptors (Lipinski definition) is 2. The van der Waals surface area contributed by atoms with Crippen molar-refractivity contribution in [2.75, 3.05) is 34.7 Å². The van der Waals surface area contributed by atoms with Crippen LogP contribution in [-0.2, 0) is 0 Å². The fourth-order valence-electron chi connectivity index (χ4n) is 3.13. The molecule has 0 saturated heterocycles. The second-order valence-corrected chi connectivity index (χ2v) is 6.12. The summed E-state index contributed by atoms with van der Waals surface area (Å²) in [5.74, 6) is 0. The molecule has 0 unspecified atom stereocenters. The maximum absolute atomic E-state index is 2.42. The Kier molecular flexibility index (Phi) is 5.26. The van der Waals surface area contributed by atoms with Crippen molar-refractivity contribution in [2.24, 2.45) is 5.41 Å². The fourth-order valence-corrected chi connectivity index (χ4v) is 3.13. The molecule has 0 spiro atoms. The minimum atomic E-state index is 0.575. The Morgan fingerprint density at radius 1 is 1.00 bits per heavy atom. The van der Waals surface area contributed by atoms with E-state index in [0.29, 0.717) is 11.5 Å². The molecule has 0 N–H and O–H groups in total. The summed E-state index contributed by atoms with van der Waals surface area (Å²) in [4.78, 5) is 4.75. The van der Waals surface area contributed by atoms with Crippen molar-refractivity contribution >= 4 is 0 Å². The lowest BCUT2D eigenvalue weighted by molar-refractivity contribution is 0.0537. The number of nitrogens with zero attached hydrogens (tertiary/aromatic N) is 2. The van der Waals surface area contributed by atoms with Crippen molar-refractivity contribution in [1.29, 1.82) is 0 Å². The highest BCUT2D eigenvalue weighted by atomic mass is 15.1. The van der Waals surface area contributed by atoms with Gasteiger partial charge in [-0.3, -0.25) is 0 Å². The molecular weight excluding hydrogens is 196 g/mol. The molecule has 0 amide bonds. The Hall–Kier alpha value is -0.0800. The SMILES string of the molecule is C[C@H](N(C)C)C1(CCN(C)C)CCCCC1. The second-order valence-electron chi connectivity index (χ2n) is 6.12. The topological polar surface area (TPSA) is 6.48 Å². The van der Waals surface area contributed by atoms with Crippen LogP contribution in [0.1, 0.15) is 45.4 Å². The van der Waals surface area contributed by atoms with Gasteiger partial charge in [-0.05, 0) is 66.3 Å². The zero-order valence-corrected chi connectivity index (χ0v) is 11.9. The van der Waals surface area contributed by atoms with Crippen LogP contribution in [0.15, 0.2) is 0 Å². The van der Waals surface area contributed by atoms with E-state index in [9.17, 15) is 0 Å². The van der Waals surface area contributed by atoms with Crippen molar-refractivity contribution in [1.82, 2.24) is 9.80 Å². The summed E-state index contributed by atoms with van der Waals surface area (Å²) in [6.07, 6.45) is 8.54. The first-order valence-electron chi connectivity index (χ1n) is 6.79. The lowest BCUT2D eigenvalue weighted by Crippen LogP contribution is -2.45. The van der Waals surface area contributed by atoms with Crippen LogP contribution in [-0.4, -0.2) is 50.6 Å². The molecule has 2 nitrogen and oxygen atoms in total. The predicted molar refractivity (Wildman–Crippen MR) is 71.8 cm³/mol. The van der Waals surface area contributed by atoms with Gasteiger partial charge in [-0.15, -0.1) is 0 Å². The van der Waals surface area contributed by atoms with Crippen molar-refractivity contribution in [2.45, 2.75) is 51.5 Å². The van der Waals surface area contributed by atoms with Gasteiger partial charge in [0, 0.05) is 6.04 Å². The lowest BCUT2D eigenvalue weighted by Gasteiger charge is -2.45. The maximum atomic E-state index is 2.42. The number of hydrogen-bond donors (Lipinski definition) is 0. The van der Waals surface area contributed by atoms with Gasteiger partial charge in [-0.1, -0.05) is 19.3 Å². The first-order chi connectivity index (χ1) is 7.48. The Bertz CT molecular complexity index is 193. The van der Waals surface area contributed by atoms with Crippen LogP contribution < -0.4 is 0 Å². The monoisotopic (exact) mass is 226 g/mol. The predicted octanol–water partition coefficient (Wildman–Crippen LogP) is 2.84. The normalized spacial score (nSPS) is 22.7. The molecule has 96 valence electrons. The van der Waals surface area contributed by atoms with Crippen molar-refractivity contribution in [3.05, 3.63) is 0 Å². The molecule has 1 rings (SSSR count). The zero-order valence-electron chi connectivity index (χ0n) is 11.9. The standard InChI is InChI=1S/C14H30N2/c1-13(16(4)5)14(11-12-15(2)3)9-7-6-8-10-14/h13H,6-12H2,1-5H3/t13-/m0/s1. The van der Waals surface area contributed by atoms with Crippen LogP contribution in [0.5, 0.6) is 0 Å². The molecular formula is C14H30N2. The minimum absolute atomic E-state index is 0.575. The molecule has 1 aliphatic carbocycles. The third-order valence-corrected chi connectivity index (χ3v) is 4.57. The molecule has 0 bridgehead atoms. The van der Waals surface area contributed by atoms with Crippen LogP contribution in [0, 0.1) is 5.41 Å². The molecule has 16 heavy (non-hydrogen) atoms. The highest BCUT2D eigenvalue weighted by molar-refractivity contribution is 4.91. The molecule has 0 aromatic rings. The zero-order chi connectivity index (χ0) is 12.2. The van der Waals surface area contributed by atoms with E-state index >= 15 is 0 Å². The highest BCUT2D eigenvalue weighted by Gasteiger charge is 2.37. The maximum Gasteiger partial charge on any atom is 0.0118 e. The van der Waals surface area contributed by atoms with Gasteiger partial charge in [0.05, 0.1) is 0 Å². The highest BCUT2D eigenvalue weighted by Crippen LogP contribution is 2.43. The summed E-state index contributed by atoms with van der Waals surface area (Å²) in [5, 5.41) is 0. The van der Waals surface area contributed by atoms with Gasteiger partial charge in [0.15, 0.2) is 0 Å². The van der Waals surface area contributed by atoms with Gasteiger partial charge in [0.25, 0.3) is 0 Å². The number of rotatable bonds is 5. The summed E-state index contributed by atoms with van der Waals surface area (Å²) < 4.78 is 0. The molecule has 1 aliphatic rings. The molecule has 0 heterocycles. The Labute approximate surface area is 102 Å². The summed E-state index contributed by atoms with van der Waals surface area (Å²) in [6.45, 7) is 3.65. The summed E-state index contributed by atoms with van der Waals surface area (Å²) in [5.41, 5.74) is 0.575. The van der Waals surface area contributed by atoms with Gasteiger partial charge in [-0.25, -0.2) is 0 Å². The van der Waals surface area contributed by atoms with Gasteiger partial charge < -0.3 is 9.80 Å². The second kappa shape index (κ2) is 6.02. The van der Waals surface area contributed by atoms with Crippen LogP contribution in [0.2, 0.25) is 0 Å². The first-order valence-corrected chi connectivity index (χ1v) is 6.79. The van der Waals surface area contributed by atoms with Gasteiger partial charge in [0.1, 0.15) is 0 Å². The Morgan fingerprint density at radius 2 is 1.56 bits per heavy atom. The van der Waals surface area contributed by atoms with Crippen molar-refractivity contribution in [3.8, 4) is 0 Å². The molecule has 1 atom stereocenters. The third kappa shape index (κ3) is 3.46. The average molecular weight is 226 g/mol. The van der Waals surface area contributed by atoms with Crippen LogP contribution in [0.25, 0.3) is 0 Å². The average Bonchev–Trinajstić information content (AvgIpc) is 2.26. The molecule has 0 aromatic carbocycles. The third-order valence-electron chi connectivity index (χ3n) is 4.57. The lowest BCUT2D eigenvalue weighted by atomic mass is 9.67. The molecule has 0 aliphatic heterocycles. The van der Waals surface area contributed by atoms with Crippen molar-refractivity contribution in [3.63, 3.8) is 0 Å². The molecule has 1 fully saturated rings. The van der Waals surface area contributed by atoms with Crippen LogP contribution >= 0.6 is 0 Å². The largest absolute Gasteiger partial charge is 0.309 e. The molecule has 0 radical (unpaired) electrons. The Morgan fingerprint density at radius 3 is 2.00 bits per heavy atom. The summed E-state index contributed by atoms with van der Waals surface area (Å²) in [7, 11) is 8.85. The first kappa shape index (κ1) is 14.0. The van der Waals surface area contributed by atoms with E-state index in [2.05, 4.69) is 44.9 Å². The van der Waals surface area contributed by atoms with E-state index in [1.165, 1.54) is 45.1 Å². The molecule has 0 aromatic heterocycles.